The van der Waals surface area contributed by atoms with E-state index in [0.717, 1.165) is 39.0 Å². The molecule has 16 heavy (non-hydrogen) atoms. The van der Waals surface area contributed by atoms with Crippen LogP contribution < -0.4 is 0 Å². The van der Waals surface area contributed by atoms with Crippen LogP contribution in [0.5, 0.6) is 0 Å². The fraction of sp³-hybridized carbons (Fsp3) is 1.00. The van der Waals surface area contributed by atoms with E-state index >= 15 is 0 Å². The summed E-state index contributed by atoms with van der Waals surface area (Å²) >= 11 is 0. The first kappa shape index (κ1) is 12.3. The molecule has 0 aromatic heterocycles. The van der Waals surface area contributed by atoms with Crippen molar-refractivity contribution in [3.63, 3.8) is 0 Å². The summed E-state index contributed by atoms with van der Waals surface area (Å²) in [5, 5.41) is 10.4. The van der Waals surface area contributed by atoms with E-state index < -0.39 is 0 Å². The molecule has 3 heteroatoms. The molecule has 0 bridgehead atoms. The van der Waals surface area contributed by atoms with Gasteiger partial charge in [0, 0.05) is 32.2 Å². The summed E-state index contributed by atoms with van der Waals surface area (Å²) in [5.41, 5.74) is -0.367. The predicted octanol–water partition coefficient (Wildman–Crippen LogP) is 1.32. The topological polar surface area (TPSA) is 26.7 Å². The Morgan fingerprint density at radius 3 is 2.56 bits per heavy atom. The monoisotopic (exact) mass is 226 g/mol. The number of hydrogen-bond donors (Lipinski definition) is 1. The van der Waals surface area contributed by atoms with Crippen LogP contribution in [0.3, 0.4) is 0 Å². The number of nitrogens with zero attached hydrogens (tertiary/aromatic N) is 2. The van der Waals surface area contributed by atoms with E-state index in [4.69, 9.17) is 0 Å². The molecule has 0 radical (unpaired) electrons. The summed E-state index contributed by atoms with van der Waals surface area (Å²) < 4.78 is 0. The second-order valence-electron chi connectivity index (χ2n) is 5.71. The summed E-state index contributed by atoms with van der Waals surface area (Å²) in [5.74, 6) is 0. The second-order valence-corrected chi connectivity index (χ2v) is 5.71. The highest BCUT2D eigenvalue weighted by Crippen LogP contribution is 2.30. The van der Waals surface area contributed by atoms with Crippen molar-refractivity contribution in [3.8, 4) is 0 Å². The van der Waals surface area contributed by atoms with Crippen molar-refractivity contribution in [2.75, 3.05) is 33.2 Å². The third-order valence-corrected chi connectivity index (χ3v) is 4.38. The Kier molecular flexibility index (Phi) is 3.88. The molecule has 1 aliphatic heterocycles. The summed E-state index contributed by atoms with van der Waals surface area (Å²) in [4.78, 5) is 4.93. The van der Waals surface area contributed by atoms with Crippen molar-refractivity contribution in [3.05, 3.63) is 0 Å². The van der Waals surface area contributed by atoms with Crippen LogP contribution in [0, 0.1) is 0 Å². The minimum atomic E-state index is -0.367. The first-order valence-electron chi connectivity index (χ1n) is 6.78. The van der Waals surface area contributed by atoms with Crippen molar-refractivity contribution in [1.82, 2.24) is 9.80 Å². The highest BCUT2D eigenvalue weighted by atomic mass is 16.3. The number of aliphatic hydroxyl groups is 1. The molecule has 1 N–H and O–H groups in total. The van der Waals surface area contributed by atoms with Gasteiger partial charge in [-0.1, -0.05) is 19.8 Å². The van der Waals surface area contributed by atoms with E-state index in [0.29, 0.717) is 6.04 Å². The average molecular weight is 226 g/mol. The van der Waals surface area contributed by atoms with Gasteiger partial charge in [-0.25, -0.2) is 0 Å². The number of rotatable bonds is 3. The molecule has 1 aliphatic carbocycles. The highest BCUT2D eigenvalue weighted by molar-refractivity contribution is 4.90. The first-order valence-corrected chi connectivity index (χ1v) is 6.78. The van der Waals surface area contributed by atoms with Crippen molar-refractivity contribution in [1.29, 1.82) is 0 Å². The largest absolute Gasteiger partial charge is 0.389 e. The van der Waals surface area contributed by atoms with Gasteiger partial charge < -0.3 is 10.0 Å². The zero-order valence-electron chi connectivity index (χ0n) is 10.8. The molecule has 0 spiro atoms. The number of piperazine rings is 1. The van der Waals surface area contributed by atoms with Crippen LogP contribution in [0.2, 0.25) is 0 Å². The van der Waals surface area contributed by atoms with E-state index in [2.05, 4.69) is 23.8 Å². The molecule has 94 valence electrons. The lowest BCUT2D eigenvalue weighted by Gasteiger charge is -2.41. The second kappa shape index (κ2) is 5.03. The van der Waals surface area contributed by atoms with E-state index in [1.165, 1.54) is 19.3 Å². The summed E-state index contributed by atoms with van der Waals surface area (Å²) in [7, 11) is 2.22. The molecule has 2 aliphatic rings. The molecule has 1 unspecified atom stereocenters. The van der Waals surface area contributed by atoms with Gasteiger partial charge in [0.25, 0.3) is 0 Å². The zero-order valence-corrected chi connectivity index (χ0v) is 10.8. The molecule has 2 rings (SSSR count). The van der Waals surface area contributed by atoms with E-state index in [1.807, 2.05) is 0 Å². The third-order valence-electron chi connectivity index (χ3n) is 4.38. The van der Waals surface area contributed by atoms with Crippen molar-refractivity contribution in [2.45, 2.75) is 50.7 Å². The fourth-order valence-corrected chi connectivity index (χ4v) is 3.20. The Morgan fingerprint density at radius 2 is 1.94 bits per heavy atom. The SMILES string of the molecule is CCC1CN(CC2(O)CCCC2)CCN1C. The van der Waals surface area contributed by atoms with Crippen LogP contribution in [0.15, 0.2) is 0 Å². The van der Waals surface area contributed by atoms with Gasteiger partial charge in [-0.3, -0.25) is 4.90 Å². The Balaban J connectivity index is 1.86. The zero-order chi connectivity index (χ0) is 11.6. The number of hydrogen-bond acceptors (Lipinski definition) is 3. The fourth-order valence-electron chi connectivity index (χ4n) is 3.20. The van der Waals surface area contributed by atoms with Crippen LogP contribution in [-0.4, -0.2) is 59.8 Å². The first-order chi connectivity index (χ1) is 7.63. The Hall–Kier alpha value is -0.120. The lowest BCUT2D eigenvalue weighted by molar-refractivity contribution is -0.0135. The molecular formula is C13H26N2O. The van der Waals surface area contributed by atoms with Gasteiger partial charge in [-0.05, 0) is 26.3 Å². The Labute approximate surface area is 99.4 Å². The number of β-amino-alcohol motifs (C(OH)–C–C–N with tert-alkyl or cyclic N) is 1. The van der Waals surface area contributed by atoms with Gasteiger partial charge in [-0.2, -0.15) is 0 Å². The molecular weight excluding hydrogens is 200 g/mol. The molecule has 3 nitrogen and oxygen atoms in total. The molecule has 0 aromatic carbocycles. The van der Waals surface area contributed by atoms with Crippen LogP contribution >= 0.6 is 0 Å². The molecule has 1 saturated heterocycles. The lowest BCUT2D eigenvalue weighted by Crippen LogP contribution is -2.54. The molecule has 1 atom stereocenters. The normalized spacial score (nSPS) is 32.1. The van der Waals surface area contributed by atoms with Gasteiger partial charge in [0.05, 0.1) is 5.60 Å². The van der Waals surface area contributed by atoms with Crippen LogP contribution in [-0.2, 0) is 0 Å². The predicted molar refractivity (Wildman–Crippen MR) is 66.6 cm³/mol. The van der Waals surface area contributed by atoms with Gasteiger partial charge in [0.1, 0.15) is 0 Å². The smallest absolute Gasteiger partial charge is 0.0774 e. The quantitative estimate of drug-likeness (QED) is 0.786. The summed E-state index contributed by atoms with van der Waals surface area (Å²) in [6.07, 6.45) is 5.65. The molecule has 2 fully saturated rings. The van der Waals surface area contributed by atoms with Gasteiger partial charge in [0.15, 0.2) is 0 Å². The molecule has 1 heterocycles. The summed E-state index contributed by atoms with van der Waals surface area (Å²) in [6.45, 7) is 6.56. The van der Waals surface area contributed by atoms with Gasteiger partial charge >= 0.3 is 0 Å². The van der Waals surface area contributed by atoms with Crippen molar-refractivity contribution >= 4 is 0 Å². The maximum atomic E-state index is 10.4. The molecule has 1 saturated carbocycles. The number of likely N-dealkylation sites (N-methyl/N-ethyl adjacent to an activating group) is 1. The van der Waals surface area contributed by atoms with Gasteiger partial charge in [0.2, 0.25) is 0 Å². The minimum absolute atomic E-state index is 0.367. The standard InChI is InChI=1S/C13H26N2O/c1-3-12-10-15(9-8-14(12)2)11-13(16)6-4-5-7-13/h12,16H,3-11H2,1-2H3. The van der Waals surface area contributed by atoms with Crippen molar-refractivity contribution < 1.29 is 5.11 Å². The summed E-state index contributed by atoms with van der Waals surface area (Å²) in [6, 6.07) is 0.679. The van der Waals surface area contributed by atoms with E-state index in [9.17, 15) is 5.11 Å². The Bertz CT molecular complexity index is 226. The van der Waals surface area contributed by atoms with E-state index in [1.54, 1.807) is 0 Å². The van der Waals surface area contributed by atoms with Crippen LogP contribution in [0.1, 0.15) is 39.0 Å². The highest BCUT2D eigenvalue weighted by Gasteiger charge is 2.34. The van der Waals surface area contributed by atoms with Crippen LogP contribution in [0.25, 0.3) is 0 Å². The minimum Gasteiger partial charge on any atom is -0.389 e. The maximum Gasteiger partial charge on any atom is 0.0774 e. The Morgan fingerprint density at radius 1 is 1.25 bits per heavy atom. The maximum absolute atomic E-state index is 10.4. The molecule has 0 aromatic rings. The average Bonchev–Trinajstić information content (AvgIpc) is 2.68. The lowest BCUT2D eigenvalue weighted by atomic mass is 10.0. The van der Waals surface area contributed by atoms with Gasteiger partial charge in [-0.15, -0.1) is 0 Å². The molecule has 0 amide bonds. The van der Waals surface area contributed by atoms with Crippen molar-refractivity contribution in [2.24, 2.45) is 0 Å². The van der Waals surface area contributed by atoms with Crippen LogP contribution in [0.4, 0.5) is 0 Å². The third kappa shape index (κ3) is 2.76. The van der Waals surface area contributed by atoms with E-state index in [-0.39, 0.29) is 5.60 Å².